The van der Waals surface area contributed by atoms with Crippen molar-refractivity contribution >= 4 is 5.78 Å². The highest BCUT2D eigenvalue weighted by Gasteiger charge is 2.21. The number of carbonyl (C=O) groups is 1. The molecule has 1 atom stereocenters. The fourth-order valence-corrected chi connectivity index (χ4v) is 2.69. The van der Waals surface area contributed by atoms with Crippen LogP contribution in [0.4, 0.5) is 0 Å². The Morgan fingerprint density at radius 3 is 2.85 bits per heavy atom. The molecule has 1 saturated heterocycles. The van der Waals surface area contributed by atoms with Crippen molar-refractivity contribution in [3.63, 3.8) is 0 Å². The molecule has 1 aromatic carbocycles. The highest BCUT2D eigenvalue weighted by Crippen LogP contribution is 2.17. The number of ketones is 1. The SMILES string of the molecule is COCC1CCCN(CC(=O)c2ccc(C#N)cc2)C1. The summed E-state index contributed by atoms with van der Waals surface area (Å²) in [6.07, 6.45) is 2.30. The minimum absolute atomic E-state index is 0.118. The van der Waals surface area contributed by atoms with Gasteiger partial charge in [0.2, 0.25) is 0 Å². The fraction of sp³-hybridized carbons (Fsp3) is 0.500. The Bertz CT molecular complexity index is 488. The second-order valence-corrected chi connectivity index (χ2v) is 5.31. The molecule has 106 valence electrons. The van der Waals surface area contributed by atoms with Crippen LogP contribution in [0.5, 0.6) is 0 Å². The molecule has 0 bridgehead atoms. The molecule has 20 heavy (non-hydrogen) atoms. The molecular weight excluding hydrogens is 252 g/mol. The molecule has 0 aliphatic carbocycles. The van der Waals surface area contributed by atoms with Gasteiger partial charge in [0.25, 0.3) is 0 Å². The maximum Gasteiger partial charge on any atom is 0.176 e. The lowest BCUT2D eigenvalue weighted by Gasteiger charge is -2.31. The zero-order valence-corrected chi connectivity index (χ0v) is 11.8. The normalized spacial score (nSPS) is 19.5. The predicted molar refractivity (Wildman–Crippen MR) is 76.5 cm³/mol. The summed E-state index contributed by atoms with van der Waals surface area (Å²) in [6, 6.07) is 8.91. The van der Waals surface area contributed by atoms with Gasteiger partial charge in [-0.3, -0.25) is 9.69 Å². The monoisotopic (exact) mass is 272 g/mol. The van der Waals surface area contributed by atoms with Gasteiger partial charge in [-0.1, -0.05) is 12.1 Å². The number of nitriles is 1. The van der Waals surface area contributed by atoms with E-state index in [4.69, 9.17) is 10.00 Å². The van der Waals surface area contributed by atoms with Gasteiger partial charge in [-0.15, -0.1) is 0 Å². The zero-order chi connectivity index (χ0) is 14.4. The largest absolute Gasteiger partial charge is 0.384 e. The van der Waals surface area contributed by atoms with Crippen molar-refractivity contribution in [1.29, 1.82) is 5.26 Å². The number of benzene rings is 1. The van der Waals surface area contributed by atoms with Crippen LogP contribution in [-0.2, 0) is 4.74 Å². The summed E-state index contributed by atoms with van der Waals surface area (Å²) < 4.78 is 5.20. The summed E-state index contributed by atoms with van der Waals surface area (Å²) in [7, 11) is 1.72. The number of ether oxygens (including phenoxy) is 1. The van der Waals surface area contributed by atoms with E-state index < -0.39 is 0 Å². The maximum atomic E-state index is 12.2. The van der Waals surface area contributed by atoms with Crippen molar-refractivity contribution in [3.05, 3.63) is 35.4 Å². The van der Waals surface area contributed by atoms with Gasteiger partial charge < -0.3 is 4.74 Å². The number of methoxy groups -OCH3 is 1. The Balaban J connectivity index is 1.91. The zero-order valence-electron chi connectivity index (χ0n) is 11.8. The van der Waals surface area contributed by atoms with E-state index in [1.165, 1.54) is 6.42 Å². The first-order valence-corrected chi connectivity index (χ1v) is 6.97. The highest BCUT2D eigenvalue weighted by molar-refractivity contribution is 5.97. The average molecular weight is 272 g/mol. The number of Topliss-reactive ketones (excluding diaryl/α,β-unsaturated/α-hetero) is 1. The van der Waals surface area contributed by atoms with Crippen molar-refractivity contribution in [2.45, 2.75) is 12.8 Å². The van der Waals surface area contributed by atoms with Gasteiger partial charge in [0.15, 0.2) is 5.78 Å². The van der Waals surface area contributed by atoms with Crippen LogP contribution in [0.1, 0.15) is 28.8 Å². The van der Waals surface area contributed by atoms with Crippen LogP contribution in [0, 0.1) is 17.2 Å². The highest BCUT2D eigenvalue weighted by atomic mass is 16.5. The van der Waals surface area contributed by atoms with E-state index in [9.17, 15) is 4.79 Å². The molecule has 4 nitrogen and oxygen atoms in total. The van der Waals surface area contributed by atoms with Crippen LogP contribution in [0.2, 0.25) is 0 Å². The van der Waals surface area contributed by atoms with Gasteiger partial charge in [-0.05, 0) is 37.4 Å². The van der Waals surface area contributed by atoms with Crippen LogP contribution in [0.25, 0.3) is 0 Å². The van der Waals surface area contributed by atoms with Crippen molar-refractivity contribution in [2.24, 2.45) is 5.92 Å². The topological polar surface area (TPSA) is 53.3 Å². The number of likely N-dealkylation sites (tertiary alicyclic amines) is 1. The first-order valence-electron chi connectivity index (χ1n) is 6.97. The second-order valence-electron chi connectivity index (χ2n) is 5.31. The Morgan fingerprint density at radius 1 is 1.45 bits per heavy atom. The maximum absolute atomic E-state index is 12.2. The van der Waals surface area contributed by atoms with E-state index in [2.05, 4.69) is 11.0 Å². The Labute approximate surface area is 120 Å². The van der Waals surface area contributed by atoms with Crippen LogP contribution in [0.15, 0.2) is 24.3 Å². The lowest BCUT2D eigenvalue weighted by molar-refractivity contribution is 0.0758. The summed E-state index contributed by atoms with van der Waals surface area (Å²) in [5.41, 5.74) is 1.26. The third-order valence-electron chi connectivity index (χ3n) is 3.71. The predicted octanol–water partition coefficient (Wildman–Crippen LogP) is 2.10. The Morgan fingerprint density at radius 2 is 2.20 bits per heavy atom. The number of piperidine rings is 1. The molecule has 1 aliphatic heterocycles. The molecule has 0 radical (unpaired) electrons. The molecular formula is C16H20N2O2. The van der Waals surface area contributed by atoms with Crippen molar-refractivity contribution in [1.82, 2.24) is 4.90 Å². The number of rotatable bonds is 5. The van der Waals surface area contributed by atoms with Crippen molar-refractivity contribution in [2.75, 3.05) is 33.4 Å². The Kier molecular flexibility index (Phi) is 5.28. The van der Waals surface area contributed by atoms with Gasteiger partial charge in [0.05, 0.1) is 24.8 Å². The average Bonchev–Trinajstić information content (AvgIpc) is 2.48. The van der Waals surface area contributed by atoms with Crippen LogP contribution >= 0.6 is 0 Å². The summed E-state index contributed by atoms with van der Waals surface area (Å²) in [6.45, 7) is 3.12. The molecule has 0 amide bonds. The molecule has 0 aromatic heterocycles. The molecule has 0 spiro atoms. The smallest absolute Gasteiger partial charge is 0.176 e. The van der Waals surface area contributed by atoms with E-state index in [0.29, 0.717) is 23.6 Å². The van der Waals surface area contributed by atoms with E-state index >= 15 is 0 Å². The molecule has 0 saturated carbocycles. The van der Waals surface area contributed by atoms with Crippen LogP contribution < -0.4 is 0 Å². The quantitative estimate of drug-likeness (QED) is 0.770. The van der Waals surface area contributed by atoms with E-state index in [1.807, 2.05) is 0 Å². The van der Waals surface area contributed by atoms with Gasteiger partial charge >= 0.3 is 0 Å². The number of hydrogen-bond acceptors (Lipinski definition) is 4. The number of nitrogens with zero attached hydrogens (tertiary/aromatic N) is 2. The van der Waals surface area contributed by atoms with E-state index in [1.54, 1.807) is 31.4 Å². The standard InChI is InChI=1S/C16H20N2O2/c1-20-12-14-3-2-8-18(10-14)11-16(19)15-6-4-13(9-17)5-7-15/h4-7,14H,2-3,8,10-12H2,1H3. The molecule has 1 aromatic rings. The molecule has 1 heterocycles. The molecule has 1 fully saturated rings. The van der Waals surface area contributed by atoms with Gasteiger partial charge in [-0.2, -0.15) is 5.26 Å². The summed E-state index contributed by atoms with van der Waals surface area (Å²) in [5, 5.41) is 8.75. The minimum Gasteiger partial charge on any atom is -0.384 e. The molecule has 2 rings (SSSR count). The first-order chi connectivity index (χ1) is 9.72. The Hall–Kier alpha value is -1.70. The van der Waals surface area contributed by atoms with Gasteiger partial charge in [0.1, 0.15) is 0 Å². The summed E-state index contributed by atoms with van der Waals surface area (Å²) >= 11 is 0. The van der Waals surface area contributed by atoms with Gasteiger partial charge in [-0.25, -0.2) is 0 Å². The van der Waals surface area contributed by atoms with E-state index in [-0.39, 0.29) is 5.78 Å². The molecule has 4 heteroatoms. The molecule has 1 aliphatic rings. The lowest BCUT2D eigenvalue weighted by atomic mass is 9.98. The first kappa shape index (κ1) is 14.7. The molecule has 0 N–H and O–H groups in total. The van der Waals surface area contributed by atoms with Crippen LogP contribution in [0.3, 0.4) is 0 Å². The van der Waals surface area contributed by atoms with Crippen molar-refractivity contribution in [3.8, 4) is 6.07 Å². The summed E-state index contributed by atoms with van der Waals surface area (Å²) in [4.78, 5) is 14.4. The third kappa shape index (κ3) is 3.89. The second kappa shape index (κ2) is 7.18. The number of hydrogen-bond donors (Lipinski definition) is 0. The number of carbonyl (C=O) groups excluding carboxylic acids is 1. The van der Waals surface area contributed by atoms with E-state index in [0.717, 1.165) is 26.1 Å². The minimum atomic E-state index is 0.118. The third-order valence-corrected chi connectivity index (χ3v) is 3.71. The van der Waals surface area contributed by atoms with Crippen molar-refractivity contribution < 1.29 is 9.53 Å². The molecule has 1 unspecified atom stereocenters. The lowest BCUT2D eigenvalue weighted by Crippen LogP contribution is -2.40. The fourth-order valence-electron chi connectivity index (χ4n) is 2.69. The van der Waals surface area contributed by atoms with Crippen LogP contribution in [-0.4, -0.2) is 44.0 Å². The summed E-state index contributed by atoms with van der Waals surface area (Å²) in [5.74, 6) is 0.648. The van der Waals surface area contributed by atoms with Gasteiger partial charge in [0, 0.05) is 19.2 Å².